The summed E-state index contributed by atoms with van der Waals surface area (Å²) in [5.74, 6) is -0.113. The Morgan fingerprint density at radius 3 is 2.30 bits per heavy atom. The molecule has 0 bridgehead atoms. The van der Waals surface area contributed by atoms with Gasteiger partial charge in [-0.3, -0.25) is 9.69 Å². The summed E-state index contributed by atoms with van der Waals surface area (Å²) in [4.78, 5) is 26.4. The smallest absolute Gasteiger partial charge is 0.326 e. The van der Waals surface area contributed by atoms with Crippen molar-refractivity contribution in [2.24, 2.45) is 0 Å². The van der Waals surface area contributed by atoms with Gasteiger partial charge in [-0.15, -0.1) is 0 Å². The van der Waals surface area contributed by atoms with Crippen LogP contribution in [0.1, 0.15) is 12.0 Å². The van der Waals surface area contributed by atoms with Gasteiger partial charge in [-0.05, 0) is 74.0 Å². The second-order valence-electron chi connectivity index (χ2n) is 7.37. The van der Waals surface area contributed by atoms with Crippen LogP contribution in [0.5, 0.6) is 5.75 Å². The number of urea groups is 1. The van der Waals surface area contributed by atoms with Crippen LogP contribution < -0.4 is 20.3 Å². The Morgan fingerprint density at radius 2 is 1.64 bits per heavy atom. The van der Waals surface area contributed by atoms with Crippen LogP contribution in [0.2, 0.25) is 5.02 Å². The lowest BCUT2D eigenvalue weighted by Gasteiger charge is -2.23. The number of rotatable bonds is 9. The molecular weight excluding hydrogens is 445 g/mol. The van der Waals surface area contributed by atoms with E-state index in [0.717, 1.165) is 5.56 Å². The zero-order chi connectivity index (χ0) is 23.6. The first-order valence-electron chi connectivity index (χ1n) is 10.5. The van der Waals surface area contributed by atoms with Gasteiger partial charge in [0, 0.05) is 29.5 Å². The van der Waals surface area contributed by atoms with Gasteiger partial charge in [0.05, 0.1) is 0 Å². The SMILES string of the molecule is Cc1ccc(NC(=O)N(CCCNC(=O)COc2ccc(Cl)cc2)c2ccc(F)cc2)cc1. The molecule has 8 heteroatoms. The highest BCUT2D eigenvalue weighted by molar-refractivity contribution is 6.30. The van der Waals surface area contributed by atoms with Crippen LogP contribution in [-0.2, 0) is 4.79 Å². The molecule has 3 aromatic carbocycles. The molecule has 0 saturated heterocycles. The number of nitrogens with zero attached hydrogens (tertiary/aromatic N) is 1. The van der Waals surface area contributed by atoms with Gasteiger partial charge in [0.2, 0.25) is 0 Å². The summed E-state index contributed by atoms with van der Waals surface area (Å²) in [5.41, 5.74) is 2.29. The lowest BCUT2D eigenvalue weighted by molar-refractivity contribution is -0.123. The highest BCUT2D eigenvalue weighted by Gasteiger charge is 2.16. The standard InChI is InChI=1S/C25H25ClFN3O3/c1-18-3-9-21(10-4-18)29-25(32)30(22-11-7-20(27)8-12-22)16-2-15-28-24(31)17-33-23-13-5-19(26)6-14-23/h3-14H,2,15-17H2,1H3,(H,28,31)(H,29,32). The van der Waals surface area contributed by atoms with Gasteiger partial charge in [-0.25, -0.2) is 9.18 Å². The van der Waals surface area contributed by atoms with E-state index in [4.69, 9.17) is 16.3 Å². The number of aryl methyl sites for hydroxylation is 1. The highest BCUT2D eigenvalue weighted by atomic mass is 35.5. The number of benzene rings is 3. The first kappa shape index (κ1) is 24.1. The summed E-state index contributed by atoms with van der Waals surface area (Å²) in [6.45, 7) is 2.50. The molecule has 0 aliphatic rings. The number of hydrogen-bond donors (Lipinski definition) is 2. The van der Waals surface area contributed by atoms with Crippen molar-refractivity contribution in [1.29, 1.82) is 0 Å². The molecule has 2 N–H and O–H groups in total. The van der Waals surface area contributed by atoms with E-state index in [9.17, 15) is 14.0 Å². The third-order valence-corrected chi connectivity index (χ3v) is 5.00. The van der Waals surface area contributed by atoms with E-state index in [1.54, 1.807) is 36.4 Å². The first-order valence-corrected chi connectivity index (χ1v) is 10.8. The van der Waals surface area contributed by atoms with E-state index < -0.39 is 0 Å². The average molecular weight is 470 g/mol. The number of nitrogens with one attached hydrogen (secondary N) is 2. The topological polar surface area (TPSA) is 70.7 Å². The van der Waals surface area contributed by atoms with E-state index in [-0.39, 0.29) is 24.4 Å². The van der Waals surface area contributed by atoms with E-state index in [1.807, 2.05) is 31.2 Å². The van der Waals surface area contributed by atoms with Crippen LogP contribution in [0.15, 0.2) is 72.8 Å². The van der Waals surface area contributed by atoms with Crippen LogP contribution in [0.25, 0.3) is 0 Å². The molecule has 0 atom stereocenters. The zero-order valence-electron chi connectivity index (χ0n) is 18.2. The molecule has 3 aromatic rings. The number of hydrogen-bond acceptors (Lipinski definition) is 3. The molecule has 3 rings (SSSR count). The Hall–Kier alpha value is -3.58. The third kappa shape index (κ3) is 7.80. The van der Waals surface area contributed by atoms with Gasteiger partial charge < -0.3 is 15.4 Å². The Morgan fingerprint density at radius 1 is 0.970 bits per heavy atom. The molecule has 3 amide bonds. The van der Waals surface area contributed by atoms with Crippen molar-refractivity contribution in [3.8, 4) is 5.75 Å². The van der Waals surface area contributed by atoms with Gasteiger partial charge in [-0.1, -0.05) is 29.3 Å². The van der Waals surface area contributed by atoms with Crippen LogP contribution >= 0.6 is 11.6 Å². The maximum Gasteiger partial charge on any atom is 0.326 e. The molecule has 0 saturated carbocycles. The molecule has 0 aliphatic heterocycles. The number of anilines is 2. The number of ether oxygens (including phenoxy) is 1. The molecule has 0 unspecified atom stereocenters. The fourth-order valence-electron chi connectivity index (χ4n) is 2.99. The minimum atomic E-state index is -0.384. The van der Waals surface area contributed by atoms with Gasteiger partial charge in [0.1, 0.15) is 11.6 Å². The number of amides is 3. The van der Waals surface area contributed by atoms with Gasteiger partial charge in [-0.2, -0.15) is 0 Å². The van der Waals surface area contributed by atoms with Gasteiger partial charge in [0.15, 0.2) is 6.61 Å². The average Bonchev–Trinajstić information content (AvgIpc) is 2.81. The molecular formula is C25H25ClFN3O3. The molecule has 0 aliphatic carbocycles. The Labute approximate surface area is 197 Å². The largest absolute Gasteiger partial charge is 0.484 e. The Balaban J connectivity index is 1.52. The number of carbonyl (C=O) groups excluding carboxylic acids is 2. The van der Waals surface area contributed by atoms with Crippen molar-refractivity contribution in [2.75, 3.05) is 29.9 Å². The summed E-state index contributed by atoms with van der Waals surface area (Å²) in [6.07, 6.45) is 0.491. The van der Waals surface area contributed by atoms with E-state index in [1.165, 1.54) is 17.0 Å². The van der Waals surface area contributed by atoms with Crippen molar-refractivity contribution in [3.63, 3.8) is 0 Å². The van der Waals surface area contributed by atoms with E-state index >= 15 is 0 Å². The lowest BCUT2D eigenvalue weighted by atomic mass is 10.2. The van der Waals surface area contributed by atoms with Crippen molar-refractivity contribution in [3.05, 3.63) is 89.2 Å². The summed E-state index contributed by atoms with van der Waals surface area (Å²) in [7, 11) is 0. The fraction of sp³-hybridized carbons (Fsp3) is 0.200. The quantitative estimate of drug-likeness (QED) is 0.411. The van der Waals surface area contributed by atoms with Crippen LogP contribution in [0.4, 0.5) is 20.6 Å². The number of carbonyl (C=O) groups is 2. The molecule has 0 heterocycles. The predicted molar refractivity (Wildman–Crippen MR) is 129 cm³/mol. The maximum atomic E-state index is 13.4. The summed E-state index contributed by atoms with van der Waals surface area (Å²) >= 11 is 5.82. The zero-order valence-corrected chi connectivity index (χ0v) is 18.9. The van der Waals surface area contributed by atoms with Crippen molar-refractivity contribution in [1.82, 2.24) is 5.32 Å². The lowest BCUT2D eigenvalue weighted by Crippen LogP contribution is -2.38. The van der Waals surface area contributed by atoms with Crippen LogP contribution in [0, 0.1) is 12.7 Å². The highest BCUT2D eigenvalue weighted by Crippen LogP contribution is 2.18. The molecule has 0 aromatic heterocycles. The van der Waals surface area contributed by atoms with E-state index in [2.05, 4.69) is 10.6 Å². The molecule has 0 fully saturated rings. The van der Waals surface area contributed by atoms with Gasteiger partial charge in [0.25, 0.3) is 5.91 Å². The fourth-order valence-corrected chi connectivity index (χ4v) is 3.12. The first-order chi connectivity index (χ1) is 15.9. The second kappa shape index (κ2) is 11.9. The van der Waals surface area contributed by atoms with Crippen LogP contribution in [-0.4, -0.2) is 31.6 Å². The van der Waals surface area contributed by atoms with Crippen LogP contribution in [0.3, 0.4) is 0 Å². The molecule has 0 spiro atoms. The van der Waals surface area contributed by atoms with Crippen molar-refractivity contribution < 1.29 is 18.7 Å². The predicted octanol–water partition coefficient (Wildman–Crippen LogP) is 5.41. The molecule has 172 valence electrons. The summed E-state index contributed by atoms with van der Waals surface area (Å²) in [5, 5.41) is 6.20. The Bertz CT molecular complexity index is 1060. The van der Waals surface area contributed by atoms with E-state index in [0.29, 0.717) is 41.7 Å². The minimum absolute atomic E-state index is 0.128. The summed E-state index contributed by atoms with van der Waals surface area (Å²) < 4.78 is 18.8. The minimum Gasteiger partial charge on any atom is -0.484 e. The molecule has 6 nitrogen and oxygen atoms in total. The third-order valence-electron chi connectivity index (χ3n) is 4.75. The van der Waals surface area contributed by atoms with Crippen molar-refractivity contribution in [2.45, 2.75) is 13.3 Å². The Kier molecular flexibility index (Phi) is 8.66. The number of halogens is 2. The van der Waals surface area contributed by atoms with Crippen molar-refractivity contribution >= 4 is 34.9 Å². The monoisotopic (exact) mass is 469 g/mol. The second-order valence-corrected chi connectivity index (χ2v) is 7.81. The molecule has 33 heavy (non-hydrogen) atoms. The molecule has 0 radical (unpaired) electrons. The maximum absolute atomic E-state index is 13.4. The summed E-state index contributed by atoms with van der Waals surface area (Å²) in [6, 6.07) is 19.5. The van der Waals surface area contributed by atoms with Gasteiger partial charge >= 0.3 is 6.03 Å². The normalized spacial score (nSPS) is 10.4.